The zero-order valence-corrected chi connectivity index (χ0v) is 14.5. The number of methoxy groups -OCH3 is 1. The molecule has 1 aliphatic rings. The van der Waals surface area contributed by atoms with Crippen LogP contribution in [0.1, 0.15) is 22.7 Å². The molecular weight excluding hydrogens is 322 g/mol. The van der Waals surface area contributed by atoms with Gasteiger partial charge in [-0.25, -0.2) is 4.99 Å². The van der Waals surface area contributed by atoms with Crippen LogP contribution in [-0.2, 0) is 4.74 Å². The van der Waals surface area contributed by atoms with Crippen LogP contribution in [0.15, 0.2) is 96.0 Å². The lowest BCUT2D eigenvalue weighted by molar-refractivity contribution is 0.414. The van der Waals surface area contributed by atoms with Crippen LogP contribution >= 0.6 is 0 Å². The van der Waals surface area contributed by atoms with E-state index in [2.05, 4.69) is 18.2 Å². The summed E-state index contributed by atoms with van der Waals surface area (Å²) in [4.78, 5) is 4.83. The molecule has 0 saturated heterocycles. The Morgan fingerprint density at radius 1 is 0.769 bits per heavy atom. The predicted molar refractivity (Wildman–Crippen MR) is 104 cm³/mol. The summed E-state index contributed by atoms with van der Waals surface area (Å²) in [6.45, 7) is 0. The summed E-state index contributed by atoms with van der Waals surface area (Å²) in [6, 6.07) is 28.0. The average molecular weight is 341 g/mol. The van der Waals surface area contributed by atoms with Crippen LogP contribution in [0, 0.1) is 0 Å². The summed E-state index contributed by atoms with van der Waals surface area (Å²) in [5.41, 5.74) is 3.10. The van der Waals surface area contributed by atoms with Crippen molar-refractivity contribution in [1.29, 1.82) is 0 Å². The number of ether oxygens (including phenoxy) is 2. The third kappa shape index (κ3) is 3.38. The zero-order valence-electron chi connectivity index (χ0n) is 14.5. The van der Waals surface area contributed by atoms with Crippen LogP contribution in [0.3, 0.4) is 0 Å². The van der Waals surface area contributed by atoms with Crippen molar-refractivity contribution in [1.82, 2.24) is 0 Å². The molecule has 0 radical (unpaired) electrons. The van der Waals surface area contributed by atoms with Crippen molar-refractivity contribution in [3.63, 3.8) is 0 Å². The molecular formula is C23H19NO2. The summed E-state index contributed by atoms with van der Waals surface area (Å²) in [6.07, 6.45) is 2.07. The molecule has 0 bridgehead atoms. The second kappa shape index (κ2) is 7.28. The molecule has 3 nitrogen and oxygen atoms in total. The van der Waals surface area contributed by atoms with E-state index in [1.807, 2.05) is 72.8 Å². The van der Waals surface area contributed by atoms with Gasteiger partial charge in [0.05, 0.1) is 7.11 Å². The van der Waals surface area contributed by atoms with Crippen LogP contribution in [0.4, 0.5) is 0 Å². The minimum Gasteiger partial charge on any atom is -0.497 e. The smallest absolute Gasteiger partial charge is 0.222 e. The normalized spacial score (nSPS) is 16.3. The SMILES string of the molecule is COc1ccc(C2=N[C@H](c3ccccc3)C=C(c3ccccc3)O2)cc1. The monoisotopic (exact) mass is 341 g/mol. The molecule has 0 saturated carbocycles. The number of aliphatic imine (C=N–C) groups is 1. The Kier molecular flexibility index (Phi) is 4.52. The largest absolute Gasteiger partial charge is 0.497 e. The van der Waals surface area contributed by atoms with E-state index in [0.29, 0.717) is 5.90 Å². The summed E-state index contributed by atoms with van der Waals surface area (Å²) in [7, 11) is 1.66. The van der Waals surface area contributed by atoms with Crippen molar-refractivity contribution in [3.8, 4) is 5.75 Å². The third-order valence-electron chi connectivity index (χ3n) is 4.31. The quantitative estimate of drug-likeness (QED) is 0.648. The molecule has 3 aromatic rings. The molecule has 3 aromatic carbocycles. The van der Waals surface area contributed by atoms with E-state index < -0.39 is 0 Å². The molecule has 0 aliphatic carbocycles. The third-order valence-corrected chi connectivity index (χ3v) is 4.31. The van der Waals surface area contributed by atoms with Crippen molar-refractivity contribution in [2.45, 2.75) is 6.04 Å². The molecule has 26 heavy (non-hydrogen) atoms. The van der Waals surface area contributed by atoms with Gasteiger partial charge in [-0.1, -0.05) is 60.7 Å². The van der Waals surface area contributed by atoms with Crippen LogP contribution < -0.4 is 4.74 Å². The van der Waals surface area contributed by atoms with Crippen LogP contribution in [0.25, 0.3) is 5.76 Å². The fourth-order valence-electron chi connectivity index (χ4n) is 2.92. The van der Waals surface area contributed by atoms with Gasteiger partial charge in [-0.05, 0) is 35.9 Å². The fraction of sp³-hybridized carbons (Fsp3) is 0.0870. The van der Waals surface area contributed by atoms with Gasteiger partial charge in [0.15, 0.2) is 0 Å². The Bertz CT molecular complexity index is 929. The Morgan fingerprint density at radius 2 is 1.42 bits per heavy atom. The first-order valence-electron chi connectivity index (χ1n) is 8.56. The summed E-state index contributed by atoms with van der Waals surface area (Å²) in [5.74, 6) is 2.24. The lowest BCUT2D eigenvalue weighted by Crippen LogP contribution is -2.14. The van der Waals surface area contributed by atoms with Gasteiger partial charge in [0.2, 0.25) is 5.90 Å². The summed E-state index contributed by atoms with van der Waals surface area (Å²) < 4.78 is 11.4. The molecule has 0 N–H and O–H groups in total. The highest BCUT2D eigenvalue weighted by Crippen LogP contribution is 2.31. The Hall–Kier alpha value is -3.33. The first-order valence-corrected chi connectivity index (χ1v) is 8.56. The highest BCUT2D eigenvalue weighted by molar-refractivity contribution is 5.98. The summed E-state index contributed by atoms with van der Waals surface area (Å²) in [5, 5.41) is 0. The minimum atomic E-state index is -0.0859. The molecule has 128 valence electrons. The van der Waals surface area contributed by atoms with Gasteiger partial charge < -0.3 is 9.47 Å². The zero-order chi connectivity index (χ0) is 17.8. The van der Waals surface area contributed by atoms with Crippen molar-refractivity contribution in [2.24, 2.45) is 4.99 Å². The van der Waals surface area contributed by atoms with Gasteiger partial charge in [-0.15, -0.1) is 0 Å². The van der Waals surface area contributed by atoms with Crippen molar-refractivity contribution in [2.75, 3.05) is 7.11 Å². The average Bonchev–Trinajstić information content (AvgIpc) is 2.75. The maximum Gasteiger partial charge on any atom is 0.222 e. The Morgan fingerprint density at radius 3 is 2.08 bits per heavy atom. The molecule has 0 spiro atoms. The lowest BCUT2D eigenvalue weighted by Gasteiger charge is -2.22. The van der Waals surface area contributed by atoms with Crippen LogP contribution in [0.2, 0.25) is 0 Å². The van der Waals surface area contributed by atoms with E-state index in [1.54, 1.807) is 7.11 Å². The van der Waals surface area contributed by atoms with E-state index in [4.69, 9.17) is 14.5 Å². The number of nitrogens with zero attached hydrogens (tertiary/aromatic N) is 1. The Balaban J connectivity index is 1.75. The highest BCUT2D eigenvalue weighted by Gasteiger charge is 2.21. The molecule has 1 heterocycles. The van der Waals surface area contributed by atoms with Crippen molar-refractivity contribution >= 4 is 11.7 Å². The second-order valence-corrected chi connectivity index (χ2v) is 6.02. The van der Waals surface area contributed by atoms with Gasteiger partial charge in [0.25, 0.3) is 0 Å². The molecule has 4 rings (SSSR count). The molecule has 1 aliphatic heterocycles. The maximum atomic E-state index is 6.15. The van der Waals surface area contributed by atoms with Crippen molar-refractivity contribution < 1.29 is 9.47 Å². The standard InChI is InChI=1S/C23H19NO2/c1-25-20-14-12-19(13-15-20)23-24-21(17-8-4-2-5-9-17)16-22(26-23)18-10-6-3-7-11-18/h2-16,21H,1H3/t21-/m0/s1. The number of rotatable bonds is 4. The molecule has 3 heteroatoms. The topological polar surface area (TPSA) is 30.8 Å². The molecule has 0 amide bonds. The van der Waals surface area contributed by atoms with Gasteiger partial charge in [-0.3, -0.25) is 0 Å². The highest BCUT2D eigenvalue weighted by atomic mass is 16.5. The van der Waals surface area contributed by atoms with E-state index >= 15 is 0 Å². The van der Waals surface area contributed by atoms with Gasteiger partial charge in [0.1, 0.15) is 17.6 Å². The second-order valence-electron chi connectivity index (χ2n) is 6.02. The maximum absolute atomic E-state index is 6.15. The summed E-state index contributed by atoms with van der Waals surface area (Å²) >= 11 is 0. The van der Waals surface area contributed by atoms with E-state index in [1.165, 1.54) is 0 Å². The van der Waals surface area contributed by atoms with E-state index in [9.17, 15) is 0 Å². The molecule has 0 unspecified atom stereocenters. The first-order chi connectivity index (χ1) is 12.8. The first kappa shape index (κ1) is 16.2. The minimum absolute atomic E-state index is 0.0859. The Labute approximate surface area is 153 Å². The van der Waals surface area contributed by atoms with E-state index in [0.717, 1.165) is 28.2 Å². The van der Waals surface area contributed by atoms with Crippen LogP contribution in [-0.4, -0.2) is 13.0 Å². The molecule has 0 fully saturated rings. The number of hydrogen-bond donors (Lipinski definition) is 0. The van der Waals surface area contributed by atoms with Gasteiger partial charge in [0, 0.05) is 11.1 Å². The van der Waals surface area contributed by atoms with Gasteiger partial charge >= 0.3 is 0 Å². The fourth-order valence-corrected chi connectivity index (χ4v) is 2.92. The number of hydrogen-bond acceptors (Lipinski definition) is 3. The van der Waals surface area contributed by atoms with Crippen LogP contribution in [0.5, 0.6) is 5.75 Å². The van der Waals surface area contributed by atoms with Gasteiger partial charge in [-0.2, -0.15) is 0 Å². The lowest BCUT2D eigenvalue weighted by atomic mass is 10.0. The molecule has 0 aromatic heterocycles. The predicted octanol–water partition coefficient (Wildman–Crippen LogP) is 5.25. The number of benzene rings is 3. The van der Waals surface area contributed by atoms with Crippen molar-refractivity contribution in [3.05, 3.63) is 108 Å². The molecule has 1 atom stereocenters. The van der Waals surface area contributed by atoms with E-state index in [-0.39, 0.29) is 6.04 Å².